The van der Waals surface area contributed by atoms with E-state index in [1.54, 1.807) is 6.07 Å². The largest absolute Gasteiger partial charge is 0.394 e. The quantitative estimate of drug-likeness (QED) is 0.870. The predicted molar refractivity (Wildman–Crippen MR) is 80.5 cm³/mol. The van der Waals surface area contributed by atoms with Gasteiger partial charge < -0.3 is 15.3 Å². The fourth-order valence-electron chi connectivity index (χ4n) is 2.92. The van der Waals surface area contributed by atoms with Crippen molar-refractivity contribution in [2.75, 3.05) is 24.6 Å². The summed E-state index contributed by atoms with van der Waals surface area (Å²) in [4.78, 5) is 2.26. The minimum atomic E-state index is -0.197. The first-order valence-electron chi connectivity index (χ1n) is 7.63. The van der Waals surface area contributed by atoms with Gasteiger partial charge in [-0.2, -0.15) is 0 Å². The van der Waals surface area contributed by atoms with Crippen LogP contribution in [0.4, 0.5) is 10.1 Å². The number of aliphatic hydroxyl groups is 1. The molecule has 2 rings (SSSR count). The van der Waals surface area contributed by atoms with Crippen LogP contribution in [0.3, 0.4) is 0 Å². The molecule has 0 amide bonds. The highest BCUT2D eigenvalue weighted by Gasteiger charge is 2.22. The van der Waals surface area contributed by atoms with Gasteiger partial charge in [-0.1, -0.05) is 19.8 Å². The zero-order chi connectivity index (χ0) is 14.4. The lowest BCUT2D eigenvalue weighted by molar-refractivity contribution is 0.255. The Hall–Kier alpha value is -1.13. The Kier molecular flexibility index (Phi) is 5.80. The maximum absolute atomic E-state index is 13.5. The highest BCUT2D eigenvalue weighted by molar-refractivity contribution is 5.55. The van der Waals surface area contributed by atoms with E-state index in [4.69, 9.17) is 0 Å². The number of hydrogen-bond donors (Lipinski definition) is 2. The topological polar surface area (TPSA) is 35.5 Å². The summed E-state index contributed by atoms with van der Waals surface area (Å²) in [6, 6.07) is 5.14. The van der Waals surface area contributed by atoms with E-state index in [1.165, 1.54) is 12.5 Å². The molecule has 0 radical (unpaired) electrons. The first-order chi connectivity index (χ1) is 9.76. The van der Waals surface area contributed by atoms with Crippen LogP contribution in [0.1, 0.15) is 38.2 Å². The SMILES string of the molecule is CCNCc1cc(F)ccc1N1CCCCCC1CO. The van der Waals surface area contributed by atoms with Crippen LogP contribution in [0.25, 0.3) is 0 Å². The second-order valence-corrected chi connectivity index (χ2v) is 5.43. The highest BCUT2D eigenvalue weighted by atomic mass is 19.1. The molecule has 2 N–H and O–H groups in total. The van der Waals surface area contributed by atoms with Gasteiger partial charge in [-0.05, 0) is 43.1 Å². The summed E-state index contributed by atoms with van der Waals surface area (Å²) in [6.45, 7) is 4.67. The van der Waals surface area contributed by atoms with Crippen molar-refractivity contribution >= 4 is 5.69 Å². The van der Waals surface area contributed by atoms with Gasteiger partial charge in [0.1, 0.15) is 5.82 Å². The van der Waals surface area contributed by atoms with Crippen molar-refractivity contribution in [2.24, 2.45) is 0 Å². The van der Waals surface area contributed by atoms with E-state index < -0.39 is 0 Å². The lowest BCUT2D eigenvalue weighted by atomic mass is 10.1. The molecule has 0 aromatic heterocycles. The molecule has 0 aliphatic carbocycles. The molecule has 20 heavy (non-hydrogen) atoms. The summed E-state index contributed by atoms with van der Waals surface area (Å²) in [5.74, 6) is -0.197. The fraction of sp³-hybridized carbons (Fsp3) is 0.625. The molecular formula is C16H25FN2O. The minimum absolute atomic E-state index is 0.156. The Morgan fingerprint density at radius 1 is 1.35 bits per heavy atom. The van der Waals surface area contributed by atoms with Crippen LogP contribution in [0.2, 0.25) is 0 Å². The molecule has 1 heterocycles. The van der Waals surface area contributed by atoms with Gasteiger partial charge in [0, 0.05) is 18.8 Å². The number of benzene rings is 1. The Labute approximate surface area is 120 Å². The van der Waals surface area contributed by atoms with E-state index in [0.29, 0.717) is 6.54 Å². The number of rotatable bonds is 5. The number of nitrogens with zero attached hydrogens (tertiary/aromatic N) is 1. The number of halogens is 1. The normalized spacial score (nSPS) is 19.9. The van der Waals surface area contributed by atoms with Crippen molar-refractivity contribution in [1.29, 1.82) is 0 Å². The van der Waals surface area contributed by atoms with Crippen molar-refractivity contribution in [3.05, 3.63) is 29.6 Å². The molecule has 0 saturated carbocycles. The number of anilines is 1. The average molecular weight is 280 g/mol. The highest BCUT2D eigenvalue weighted by Crippen LogP contribution is 2.28. The van der Waals surface area contributed by atoms with Crippen molar-refractivity contribution in [2.45, 2.75) is 45.2 Å². The van der Waals surface area contributed by atoms with Gasteiger partial charge in [-0.25, -0.2) is 4.39 Å². The van der Waals surface area contributed by atoms with Crippen LogP contribution >= 0.6 is 0 Å². The zero-order valence-electron chi connectivity index (χ0n) is 12.2. The van der Waals surface area contributed by atoms with Crippen molar-refractivity contribution in [1.82, 2.24) is 5.32 Å². The summed E-state index contributed by atoms with van der Waals surface area (Å²) >= 11 is 0. The summed E-state index contributed by atoms with van der Waals surface area (Å²) in [5.41, 5.74) is 2.04. The fourth-order valence-corrected chi connectivity index (χ4v) is 2.92. The van der Waals surface area contributed by atoms with Gasteiger partial charge in [-0.15, -0.1) is 0 Å². The van der Waals surface area contributed by atoms with Crippen LogP contribution in [0, 0.1) is 5.82 Å². The number of hydrogen-bond acceptors (Lipinski definition) is 3. The zero-order valence-corrected chi connectivity index (χ0v) is 12.2. The standard InChI is InChI=1S/C16H25FN2O/c1-2-18-11-13-10-14(17)7-8-16(13)19-9-5-3-4-6-15(19)12-20/h7-8,10,15,18,20H,2-6,9,11-12H2,1H3. The third-order valence-corrected chi connectivity index (χ3v) is 4.00. The number of aliphatic hydroxyl groups excluding tert-OH is 1. The van der Waals surface area contributed by atoms with Crippen LogP contribution < -0.4 is 10.2 Å². The van der Waals surface area contributed by atoms with E-state index in [0.717, 1.165) is 43.6 Å². The lowest BCUT2D eigenvalue weighted by Crippen LogP contribution is -2.38. The van der Waals surface area contributed by atoms with E-state index >= 15 is 0 Å². The van der Waals surface area contributed by atoms with Gasteiger partial charge in [0.05, 0.1) is 12.6 Å². The average Bonchev–Trinajstić information content (AvgIpc) is 2.70. The molecule has 1 unspecified atom stereocenters. The molecule has 1 saturated heterocycles. The molecule has 1 atom stereocenters. The van der Waals surface area contributed by atoms with Crippen molar-refractivity contribution in [3.63, 3.8) is 0 Å². The monoisotopic (exact) mass is 280 g/mol. The molecule has 0 bridgehead atoms. The summed E-state index contributed by atoms with van der Waals surface area (Å²) < 4.78 is 13.5. The second kappa shape index (κ2) is 7.60. The molecular weight excluding hydrogens is 255 g/mol. The Morgan fingerprint density at radius 2 is 2.20 bits per heavy atom. The Balaban J connectivity index is 2.28. The molecule has 112 valence electrons. The molecule has 1 aromatic rings. The summed E-state index contributed by atoms with van der Waals surface area (Å²) in [5, 5.41) is 12.9. The Bertz CT molecular complexity index is 425. The van der Waals surface area contributed by atoms with Gasteiger partial charge in [0.2, 0.25) is 0 Å². The Morgan fingerprint density at radius 3 is 2.95 bits per heavy atom. The number of nitrogens with one attached hydrogen (secondary N) is 1. The van der Waals surface area contributed by atoms with Crippen molar-refractivity contribution in [3.8, 4) is 0 Å². The maximum Gasteiger partial charge on any atom is 0.123 e. The maximum atomic E-state index is 13.5. The van der Waals surface area contributed by atoms with E-state index in [9.17, 15) is 9.50 Å². The third-order valence-electron chi connectivity index (χ3n) is 4.00. The van der Waals surface area contributed by atoms with Crippen LogP contribution in [-0.2, 0) is 6.54 Å². The first kappa shape index (κ1) is 15.3. The van der Waals surface area contributed by atoms with Crippen LogP contribution in [-0.4, -0.2) is 30.8 Å². The summed E-state index contributed by atoms with van der Waals surface area (Å²) in [7, 11) is 0. The second-order valence-electron chi connectivity index (χ2n) is 5.43. The summed E-state index contributed by atoms with van der Waals surface area (Å²) in [6.07, 6.45) is 4.51. The molecule has 4 heteroatoms. The van der Waals surface area contributed by atoms with Gasteiger partial charge in [-0.3, -0.25) is 0 Å². The molecule has 1 aliphatic rings. The van der Waals surface area contributed by atoms with Gasteiger partial charge in [0.25, 0.3) is 0 Å². The van der Waals surface area contributed by atoms with Gasteiger partial charge in [0.15, 0.2) is 0 Å². The van der Waals surface area contributed by atoms with E-state index in [2.05, 4.69) is 10.2 Å². The molecule has 1 fully saturated rings. The van der Waals surface area contributed by atoms with Crippen LogP contribution in [0.15, 0.2) is 18.2 Å². The van der Waals surface area contributed by atoms with E-state index in [-0.39, 0.29) is 18.5 Å². The predicted octanol–water partition coefficient (Wildman–Crippen LogP) is 2.68. The van der Waals surface area contributed by atoms with Gasteiger partial charge >= 0.3 is 0 Å². The first-order valence-corrected chi connectivity index (χ1v) is 7.63. The molecule has 0 spiro atoms. The van der Waals surface area contributed by atoms with E-state index in [1.807, 2.05) is 13.0 Å². The molecule has 1 aliphatic heterocycles. The van der Waals surface area contributed by atoms with Crippen LogP contribution in [0.5, 0.6) is 0 Å². The molecule has 1 aromatic carbocycles. The minimum Gasteiger partial charge on any atom is -0.394 e. The van der Waals surface area contributed by atoms with Crippen molar-refractivity contribution < 1.29 is 9.50 Å². The molecule has 3 nitrogen and oxygen atoms in total. The third kappa shape index (κ3) is 3.70. The lowest BCUT2D eigenvalue weighted by Gasteiger charge is -2.32. The smallest absolute Gasteiger partial charge is 0.123 e.